The van der Waals surface area contributed by atoms with Crippen molar-refractivity contribution in [3.05, 3.63) is 29.8 Å². The minimum absolute atomic E-state index is 0.0482. The van der Waals surface area contributed by atoms with Crippen LogP contribution in [0.4, 0.5) is 0 Å². The van der Waals surface area contributed by atoms with Gasteiger partial charge in [0.15, 0.2) is 5.60 Å². The van der Waals surface area contributed by atoms with Crippen LogP contribution in [-0.2, 0) is 9.53 Å². The van der Waals surface area contributed by atoms with Crippen LogP contribution >= 0.6 is 31.9 Å². The molecular weight excluding hydrogens is 388 g/mol. The van der Waals surface area contributed by atoms with Crippen molar-refractivity contribution in [2.75, 3.05) is 6.61 Å². The van der Waals surface area contributed by atoms with E-state index in [-0.39, 0.29) is 9.20 Å². The Bertz CT molecular complexity index is 494. The molecule has 1 aromatic carbocycles. The number of hydrogen-bond acceptors (Lipinski definition) is 3. The van der Waals surface area contributed by atoms with E-state index in [0.29, 0.717) is 18.3 Å². The number of benzene rings is 1. The summed E-state index contributed by atoms with van der Waals surface area (Å²) < 4.78 is 10.8. The molecule has 1 saturated carbocycles. The van der Waals surface area contributed by atoms with Crippen LogP contribution in [0.5, 0.6) is 5.75 Å². The Morgan fingerprint density at radius 1 is 1.35 bits per heavy atom. The number of ether oxygens (including phenoxy) is 2. The summed E-state index contributed by atoms with van der Waals surface area (Å²) in [6.07, 6.45) is 1.07. The highest BCUT2D eigenvalue weighted by atomic mass is 79.9. The standard InChI is InChI=1S/C15H18Br2O3/c1-4-19-13(18)14(2,3)20-11-7-5-10(6-8-11)12-9-15(12,16)17/h5-8,12H,4,9H2,1-3H3. The van der Waals surface area contributed by atoms with Gasteiger partial charge in [-0.25, -0.2) is 4.79 Å². The van der Waals surface area contributed by atoms with Crippen LogP contribution in [0.15, 0.2) is 24.3 Å². The van der Waals surface area contributed by atoms with Crippen molar-refractivity contribution in [2.24, 2.45) is 0 Å². The summed E-state index contributed by atoms with van der Waals surface area (Å²) in [4.78, 5) is 11.8. The molecule has 0 heterocycles. The Kier molecular flexibility index (Phi) is 4.50. The molecule has 0 aromatic heterocycles. The second-order valence-electron chi connectivity index (χ2n) is 5.42. The molecule has 0 saturated heterocycles. The fraction of sp³-hybridized carbons (Fsp3) is 0.533. The van der Waals surface area contributed by atoms with Crippen LogP contribution in [0.25, 0.3) is 0 Å². The molecule has 1 aliphatic rings. The Balaban J connectivity index is 2.02. The molecular formula is C15H18Br2O3. The molecule has 0 N–H and O–H groups in total. The van der Waals surface area contributed by atoms with Crippen molar-refractivity contribution >= 4 is 37.8 Å². The lowest BCUT2D eigenvalue weighted by Crippen LogP contribution is -2.39. The Labute approximate surface area is 136 Å². The molecule has 2 rings (SSSR count). The molecule has 1 aromatic rings. The molecule has 1 atom stereocenters. The molecule has 3 nitrogen and oxygen atoms in total. The third-order valence-corrected chi connectivity index (χ3v) is 5.00. The fourth-order valence-electron chi connectivity index (χ4n) is 1.98. The lowest BCUT2D eigenvalue weighted by atomic mass is 10.1. The zero-order valence-corrected chi connectivity index (χ0v) is 15.0. The quantitative estimate of drug-likeness (QED) is 0.538. The van der Waals surface area contributed by atoms with E-state index in [4.69, 9.17) is 9.47 Å². The Morgan fingerprint density at radius 2 is 1.90 bits per heavy atom. The summed E-state index contributed by atoms with van der Waals surface area (Å²) in [6, 6.07) is 7.85. The second kappa shape index (κ2) is 5.68. The van der Waals surface area contributed by atoms with Crippen molar-refractivity contribution in [3.8, 4) is 5.75 Å². The van der Waals surface area contributed by atoms with Crippen LogP contribution in [0.3, 0.4) is 0 Å². The first-order valence-corrected chi connectivity index (χ1v) is 8.19. The molecule has 0 spiro atoms. The minimum atomic E-state index is -0.980. The monoisotopic (exact) mass is 404 g/mol. The number of rotatable bonds is 5. The van der Waals surface area contributed by atoms with Gasteiger partial charge in [-0.1, -0.05) is 44.0 Å². The predicted molar refractivity (Wildman–Crippen MR) is 85.7 cm³/mol. The van der Waals surface area contributed by atoms with Gasteiger partial charge in [0.2, 0.25) is 0 Å². The third kappa shape index (κ3) is 3.55. The zero-order valence-electron chi connectivity index (χ0n) is 11.8. The fourth-order valence-corrected chi connectivity index (χ4v) is 3.16. The highest BCUT2D eigenvalue weighted by Gasteiger charge is 2.51. The predicted octanol–water partition coefficient (Wildman–Crippen LogP) is 4.38. The summed E-state index contributed by atoms with van der Waals surface area (Å²) in [7, 11) is 0. The lowest BCUT2D eigenvalue weighted by molar-refractivity contribution is -0.158. The van der Waals surface area contributed by atoms with E-state index >= 15 is 0 Å². The van der Waals surface area contributed by atoms with Gasteiger partial charge in [0, 0.05) is 5.92 Å². The second-order valence-corrected chi connectivity index (χ2v) is 9.31. The SMILES string of the molecule is CCOC(=O)C(C)(C)Oc1ccc(C2CC2(Br)Br)cc1. The number of carbonyl (C=O) groups excluding carboxylic acids is 1. The maximum Gasteiger partial charge on any atom is 0.349 e. The maximum atomic E-state index is 11.8. The van der Waals surface area contributed by atoms with Crippen molar-refractivity contribution in [2.45, 2.75) is 41.9 Å². The normalized spacial score (nSPS) is 20.4. The Hall–Kier alpha value is -0.550. The summed E-state index contributed by atoms with van der Waals surface area (Å²) in [5.41, 5.74) is 0.270. The molecule has 0 bridgehead atoms. The lowest BCUT2D eigenvalue weighted by Gasteiger charge is -2.24. The topological polar surface area (TPSA) is 35.5 Å². The molecule has 20 heavy (non-hydrogen) atoms. The highest BCUT2D eigenvalue weighted by Crippen LogP contribution is 2.62. The molecule has 1 unspecified atom stereocenters. The van der Waals surface area contributed by atoms with E-state index < -0.39 is 5.60 Å². The number of carbonyl (C=O) groups is 1. The molecule has 1 fully saturated rings. The van der Waals surface area contributed by atoms with Crippen LogP contribution < -0.4 is 4.74 Å². The van der Waals surface area contributed by atoms with Gasteiger partial charge in [0.05, 0.1) is 9.84 Å². The third-order valence-electron chi connectivity index (χ3n) is 3.25. The van der Waals surface area contributed by atoms with Crippen LogP contribution in [0.2, 0.25) is 0 Å². The molecule has 0 amide bonds. The number of halogens is 2. The van der Waals surface area contributed by atoms with Gasteiger partial charge in [0.25, 0.3) is 0 Å². The first-order valence-electron chi connectivity index (χ1n) is 6.60. The first-order chi connectivity index (χ1) is 9.26. The van der Waals surface area contributed by atoms with Crippen molar-refractivity contribution in [1.82, 2.24) is 0 Å². The van der Waals surface area contributed by atoms with Gasteiger partial charge in [-0.05, 0) is 44.9 Å². The molecule has 0 radical (unpaired) electrons. The van der Waals surface area contributed by atoms with Gasteiger partial charge < -0.3 is 9.47 Å². The first kappa shape index (κ1) is 15.8. The van der Waals surface area contributed by atoms with E-state index in [1.165, 1.54) is 5.56 Å². The van der Waals surface area contributed by atoms with E-state index in [1.807, 2.05) is 24.3 Å². The van der Waals surface area contributed by atoms with Gasteiger partial charge in [-0.15, -0.1) is 0 Å². The van der Waals surface area contributed by atoms with Gasteiger partial charge in [-0.2, -0.15) is 0 Å². The summed E-state index contributed by atoms with van der Waals surface area (Å²) in [5.74, 6) is 0.794. The van der Waals surface area contributed by atoms with Crippen molar-refractivity contribution in [3.63, 3.8) is 0 Å². The molecule has 5 heteroatoms. The van der Waals surface area contributed by atoms with E-state index in [2.05, 4.69) is 31.9 Å². The van der Waals surface area contributed by atoms with Crippen molar-refractivity contribution < 1.29 is 14.3 Å². The van der Waals surface area contributed by atoms with Gasteiger partial charge in [-0.3, -0.25) is 0 Å². The Morgan fingerprint density at radius 3 is 2.35 bits per heavy atom. The number of hydrogen-bond donors (Lipinski definition) is 0. The van der Waals surface area contributed by atoms with Crippen LogP contribution in [0.1, 0.15) is 38.7 Å². The highest BCUT2D eigenvalue weighted by molar-refractivity contribution is 9.25. The zero-order chi connectivity index (χ0) is 15.0. The summed E-state index contributed by atoms with van der Waals surface area (Å²) >= 11 is 7.23. The summed E-state index contributed by atoms with van der Waals surface area (Å²) in [5, 5.41) is 0. The van der Waals surface area contributed by atoms with Gasteiger partial charge >= 0.3 is 5.97 Å². The minimum Gasteiger partial charge on any atom is -0.476 e. The number of alkyl halides is 2. The van der Waals surface area contributed by atoms with E-state index in [1.54, 1.807) is 20.8 Å². The van der Waals surface area contributed by atoms with Crippen LogP contribution in [-0.4, -0.2) is 21.4 Å². The van der Waals surface area contributed by atoms with E-state index in [0.717, 1.165) is 6.42 Å². The number of esters is 1. The smallest absolute Gasteiger partial charge is 0.349 e. The average molecular weight is 406 g/mol. The van der Waals surface area contributed by atoms with Crippen LogP contribution in [0, 0.1) is 0 Å². The summed E-state index contributed by atoms with van der Waals surface area (Å²) in [6.45, 7) is 5.56. The van der Waals surface area contributed by atoms with Gasteiger partial charge in [0.1, 0.15) is 5.75 Å². The molecule has 0 aliphatic heterocycles. The van der Waals surface area contributed by atoms with Crippen molar-refractivity contribution in [1.29, 1.82) is 0 Å². The largest absolute Gasteiger partial charge is 0.476 e. The molecule has 1 aliphatic carbocycles. The van der Waals surface area contributed by atoms with E-state index in [9.17, 15) is 4.79 Å². The maximum absolute atomic E-state index is 11.8. The molecule has 110 valence electrons. The average Bonchev–Trinajstić information content (AvgIpc) is 2.99.